The van der Waals surface area contributed by atoms with Crippen LogP contribution in [0.1, 0.15) is 0 Å². The van der Waals surface area contributed by atoms with Gasteiger partial charge in [-0.2, -0.15) is 10.1 Å². The minimum atomic E-state index is 0.610. The Kier molecular flexibility index (Phi) is 2.75. The van der Waals surface area contributed by atoms with Gasteiger partial charge in [-0.3, -0.25) is 5.10 Å². The maximum atomic E-state index is 4.67. The van der Waals surface area contributed by atoms with Gasteiger partial charge in [0.15, 0.2) is 0 Å². The Morgan fingerprint density at radius 3 is 3.04 bits per heavy atom. The van der Waals surface area contributed by atoms with Gasteiger partial charge in [0.05, 0.1) is 11.7 Å². The highest BCUT2D eigenvalue weighted by Crippen LogP contribution is 2.27. The van der Waals surface area contributed by atoms with Gasteiger partial charge in [0.25, 0.3) is 0 Å². The van der Waals surface area contributed by atoms with Crippen molar-refractivity contribution in [1.29, 1.82) is 0 Å². The summed E-state index contributed by atoms with van der Waals surface area (Å²) in [5.74, 6) is 2.36. The van der Waals surface area contributed by atoms with Crippen molar-refractivity contribution in [3.05, 3.63) is 36.7 Å². The Morgan fingerprint density at radius 1 is 1.22 bits per heavy atom. The first-order valence-corrected chi connectivity index (χ1v) is 7.87. The smallest absolute Gasteiger partial charge is 0.227 e. The molecule has 2 aromatic heterocycles. The molecule has 2 saturated heterocycles. The minimum Gasteiger partial charge on any atom is -0.340 e. The summed E-state index contributed by atoms with van der Waals surface area (Å²) in [5.41, 5.74) is 2.02. The van der Waals surface area contributed by atoms with E-state index in [1.807, 2.05) is 30.6 Å². The highest BCUT2D eigenvalue weighted by atomic mass is 15.3. The van der Waals surface area contributed by atoms with E-state index < -0.39 is 0 Å². The number of nitrogens with zero attached hydrogens (tertiary/aromatic N) is 4. The summed E-state index contributed by atoms with van der Waals surface area (Å²) < 4.78 is 0. The van der Waals surface area contributed by atoms with E-state index in [2.05, 4.69) is 41.8 Å². The lowest BCUT2D eigenvalue weighted by Gasteiger charge is -2.29. The first kappa shape index (κ1) is 12.8. The van der Waals surface area contributed by atoms with Crippen LogP contribution >= 0.6 is 0 Å². The molecule has 0 saturated carbocycles. The largest absolute Gasteiger partial charge is 0.340 e. The molecule has 0 radical (unpaired) electrons. The molecule has 2 aliphatic rings. The van der Waals surface area contributed by atoms with Crippen LogP contribution in [0.15, 0.2) is 36.7 Å². The van der Waals surface area contributed by atoms with Gasteiger partial charge in [0.2, 0.25) is 5.95 Å². The first-order valence-electron chi connectivity index (χ1n) is 7.87. The molecule has 5 rings (SSSR count). The second-order valence-electron chi connectivity index (χ2n) is 6.22. The number of aromatic nitrogens is 4. The van der Waals surface area contributed by atoms with Crippen molar-refractivity contribution >= 4 is 28.4 Å². The number of hydrogen-bond donors (Lipinski definition) is 3. The average Bonchev–Trinajstić information content (AvgIpc) is 3.12. The summed E-state index contributed by atoms with van der Waals surface area (Å²) in [4.78, 5) is 11.4. The maximum Gasteiger partial charge on any atom is 0.227 e. The molecule has 2 atom stereocenters. The van der Waals surface area contributed by atoms with E-state index in [0.29, 0.717) is 6.04 Å². The number of hydrogen-bond acceptors (Lipinski definition) is 6. The topological polar surface area (TPSA) is 81.8 Å². The quantitative estimate of drug-likeness (QED) is 0.680. The second-order valence-corrected chi connectivity index (χ2v) is 6.22. The molecule has 2 aliphatic heterocycles. The van der Waals surface area contributed by atoms with Gasteiger partial charge in [-0.25, -0.2) is 4.98 Å². The van der Waals surface area contributed by atoms with Crippen LogP contribution in [0.25, 0.3) is 10.9 Å². The molecule has 3 N–H and O–H groups in total. The Morgan fingerprint density at radius 2 is 2.22 bits per heavy atom. The number of nitrogens with one attached hydrogen (secondary N) is 3. The number of anilines is 3. The summed E-state index contributed by atoms with van der Waals surface area (Å²) >= 11 is 0. The van der Waals surface area contributed by atoms with Crippen molar-refractivity contribution in [1.82, 2.24) is 25.5 Å². The normalized spacial score (nSPS) is 22.9. The van der Waals surface area contributed by atoms with E-state index in [1.165, 1.54) is 0 Å². The van der Waals surface area contributed by atoms with Gasteiger partial charge in [-0.15, -0.1) is 0 Å². The molecule has 3 aromatic rings. The van der Waals surface area contributed by atoms with Gasteiger partial charge >= 0.3 is 0 Å². The van der Waals surface area contributed by atoms with Crippen molar-refractivity contribution in [3.8, 4) is 0 Å². The summed E-state index contributed by atoms with van der Waals surface area (Å²) in [5, 5.41) is 14.9. The molecule has 2 fully saturated rings. The number of rotatable bonds is 3. The van der Waals surface area contributed by atoms with Crippen LogP contribution in [0.2, 0.25) is 0 Å². The van der Waals surface area contributed by atoms with Crippen LogP contribution in [-0.4, -0.2) is 45.8 Å². The monoisotopic (exact) mass is 307 g/mol. The summed E-state index contributed by atoms with van der Waals surface area (Å²) in [6.45, 7) is 3.15. The lowest BCUT2D eigenvalue weighted by molar-refractivity contribution is 0.297. The lowest BCUT2D eigenvalue weighted by atomic mass is 9.96. The zero-order valence-corrected chi connectivity index (χ0v) is 12.5. The zero-order valence-electron chi connectivity index (χ0n) is 12.5. The van der Waals surface area contributed by atoms with Gasteiger partial charge in [-0.05, 0) is 24.3 Å². The Labute approximate surface area is 133 Å². The van der Waals surface area contributed by atoms with Crippen LogP contribution in [0, 0.1) is 5.92 Å². The molecule has 7 heteroatoms. The van der Waals surface area contributed by atoms with Gasteiger partial charge in [0, 0.05) is 48.9 Å². The van der Waals surface area contributed by atoms with Crippen LogP contribution in [0.3, 0.4) is 0 Å². The van der Waals surface area contributed by atoms with Gasteiger partial charge in [0.1, 0.15) is 5.82 Å². The van der Waals surface area contributed by atoms with E-state index in [4.69, 9.17) is 0 Å². The fourth-order valence-corrected chi connectivity index (χ4v) is 3.35. The lowest BCUT2D eigenvalue weighted by Crippen LogP contribution is -2.51. The molecule has 7 nitrogen and oxygen atoms in total. The molecule has 0 unspecified atom stereocenters. The van der Waals surface area contributed by atoms with Gasteiger partial charge < -0.3 is 15.5 Å². The second kappa shape index (κ2) is 4.92. The Bertz CT molecular complexity index is 846. The molecular weight excluding hydrogens is 290 g/mol. The molecule has 116 valence electrons. The SMILES string of the molecule is c1cc(Nc2ccc3[nH]ncc3c2)nc(N2C[C@@H]3CN[C@@H]3C2)n1. The van der Waals surface area contributed by atoms with Crippen molar-refractivity contribution in [3.63, 3.8) is 0 Å². The van der Waals surface area contributed by atoms with Crippen LogP contribution in [-0.2, 0) is 0 Å². The maximum absolute atomic E-state index is 4.67. The van der Waals surface area contributed by atoms with Crippen molar-refractivity contribution < 1.29 is 0 Å². The van der Waals surface area contributed by atoms with Crippen molar-refractivity contribution in [2.75, 3.05) is 29.9 Å². The molecule has 0 bridgehead atoms. The van der Waals surface area contributed by atoms with E-state index >= 15 is 0 Å². The van der Waals surface area contributed by atoms with E-state index in [9.17, 15) is 0 Å². The van der Waals surface area contributed by atoms with Gasteiger partial charge in [-0.1, -0.05) is 0 Å². The highest BCUT2D eigenvalue weighted by Gasteiger charge is 2.39. The van der Waals surface area contributed by atoms with Crippen molar-refractivity contribution in [2.45, 2.75) is 6.04 Å². The average molecular weight is 307 g/mol. The molecule has 0 amide bonds. The summed E-state index contributed by atoms with van der Waals surface area (Å²) in [7, 11) is 0. The number of fused-ring (bicyclic) bond motifs is 2. The number of aromatic amines is 1. The minimum absolute atomic E-state index is 0.610. The molecule has 23 heavy (non-hydrogen) atoms. The standard InChI is InChI=1S/C16H17N7/c1-2-13-10(7-19-22-13)5-12(1)20-15-3-4-17-16(21-15)23-8-11-6-18-14(11)9-23/h1-5,7,11,14,18H,6,8-9H2,(H,19,22)(H,17,20,21)/t11-,14+/m0/s1. The predicted molar refractivity (Wildman–Crippen MR) is 88.9 cm³/mol. The van der Waals surface area contributed by atoms with E-state index in [-0.39, 0.29) is 0 Å². The van der Waals surface area contributed by atoms with Crippen molar-refractivity contribution in [2.24, 2.45) is 5.92 Å². The Balaban J connectivity index is 1.39. The number of benzene rings is 1. The fraction of sp³-hybridized carbons (Fsp3) is 0.312. The molecular formula is C16H17N7. The third-order valence-electron chi connectivity index (χ3n) is 4.72. The highest BCUT2D eigenvalue weighted by molar-refractivity contribution is 5.82. The third kappa shape index (κ3) is 2.20. The summed E-state index contributed by atoms with van der Waals surface area (Å²) in [6, 6.07) is 8.59. The molecule has 0 spiro atoms. The Hall–Kier alpha value is -2.67. The number of H-pyrrole nitrogens is 1. The van der Waals surface area contributed by atoms with E-state index in [0.717, 1.165) is 53.9 Å². The van der Waals surface area contributed by atoms with Crippen LogP contribution in [0.4, 0.5) is 17.5 Å². The fourth-order valence-electron chi connectivity index (χ4n) is 3.35. The zero-order chi connectivity index (χ0) is 15.2. The third-order valence-corrected chi connectivity index (χ3v) is 4.72. The molecule has 0 aliphatic carbocycles. The van der Waals surface area contributed by atoms with Crippen LogP contribution < -0.4 is 15.5 Å². The van der Waals surface area contributed by atoms with E-state index in [1.54, 1.807) is 0 Å². The first-order chi connectivity index (χ1) is 11.3. The molecule has 1 aromatic carbocycles. The molecule has 4 heterocycles. The van der Waals surface area contributed by atoms with Crippen LogP contribution in [0.5, 0.6) is 0 Å². The predicted octanol–water partition coefficient (Wildman–Crippen LogP) is 1.50. The summed E-state index contributed by atoms with van der Waals surface area (Å²) in [6.07, 6.45) is 3.63.